The number of piperazine rings is 1. The summed E-state index contributed by atoms with van der Waals surface area (Å²) >= 11 is 0. The molecule has 8 heteroatoms. The second-order valence-corrected chi connectivity index (χ2v) is 8.07. The number of amides is 1. The Hall–Kier alpha value is -2.74. The van der Waals surface area contributed by atoms with Crippen LogP contribution in [0.3, 0.4) is 0 Å². The van der Waals surface area contributed by atoms with Crippen LogP contribution in [0.25, 0.3) is 0 Å². The Morgan fingerprint density at radius 1 is 1.21 bits per heavy atom. The van der Waals surface area contributed by atoms with Gasteiger partial charge in [0.15, 0.2) is 0 Å². The summed E-state index contributed by atoms with van der Waals surface area (Å²) in [6, 6.07) is 7.13. The first kappa shape index (κ1) is 19.6. The first-order valence-electron chi connectivity index (χ1n) is 9.99. The number of aromatic amines is 1. The van der Waals surface area contributed by atoms with E-state index in [-0.39, 0.29) is 17.3 Å². The summed E-state index contributed by atoms with van der Waals surface area (Å²) in [5, 5.41) is 3.00. The van der Waals surface area contributed by atoms with Crippen molar-refractivity contribution in [1.29, 1.82) is 0 Å². The molecule has 29 heavy (non-hydrogen) atoms. The number of likely N-dealkylation sites (N-methyl/N-ethyl adjacent to an activating group) is 1. The van der Waals surface area contributed by atoms with Crippen LogP contribution in [0.5, 0.6) is 0 Å². The first-order valence-corrected chi connectivity index (χ1v) is 9.99. The van der Waals surface area contributed by atoms with Crippen molar-refractivity contribution in [2.75, 3.05) is 38.1 Å². The van der Waals surface area contributed by atoms with E-state index >= 15 is 0 Å². The Balaban J connectivity index is 1.49. The van der Waals surface area contributed by atoms with E-state index < -0.39 is 11.5 Å². The SMILES string of the molecule is CC(NC(=O)C1(c2ccc(F)cc2)CC1)c1cc(=O)[nH]c(N2CCN(C)CC2)n1. The van der Waals surface area contributed by atoms with Crippen molar-refractivity contribution >= 4 is 11.9 Å². The largest absolute Gasteiger partial charge is 0.347 e. The Kier molecular flexibility index (Phi) is 5.12. The Bertz CT molecular complexity index is 946. The van der Waals surface area contributed by atoms with Gasteiger partial charge in [0.05, 0.1) is 17.2 Å². The minimum Gasteiger partial charge on any atom is -0.347 e. The molecular weight excluding hydrogens is 373 g/mol. The van der Waals surface area contributed by atoms with E-state index in [1.807, 2.05) is 6.92 Å². The maximum Gasteiger partial charge on any atom is 0.252 e. The van der Waals surface area contributed by atoms with Gasteiger partial charge in [-0.3, -0.25) is 14.6 Å². The molecule has 2 N–H and O–H groups in total. The maximum atomic E-state index is 13.2. The van der Waals surface area contributed by atoms with Gasteiger partial charge in [0, 0.05) is 32.2 Å². The standard InChI is InChI=1S/C21H26FN5O2/c1-14(23-19(29)21(7-8-21)15-3-5-16(22)6-4-15)17-13-18(28)25-20(24-17)27-11-9-26(2)10-12-27/h3-6,13-14H,7-12H2,1-2H3,(H,23,29)(H,24,25,28). The van der Waals surface area contributed by atoms with Gasteiger partial charge in [-0.1, -0.05) is 12.1 Å². The van der Waals surface area contributed by atoms with Crippen LogP contribution in [0.2, 0.25) is 0 Å². The van der Waals surface area contributed by atoms with Gasteiger partial charge in [0.2, 0.25) is 11.9 Å². The van der Waals surface area contributed by atoms with Gasteiger partial charge in [0.25, 0.3) is 5.56 Å². The molecule has 1 aliphatic heterocycles. The molecule has 2 fully saturated rings. The summed E-state index contributed by atoms with van der Waals surface area (Å²) in [5.74, 6) is 0.115. The molecule has 1 aromatic heterocycles. The van der Waals surface area contributed by atoms with Crippen LogP contribution in [0.1, 0.15) is 37.1 Å². The third kappa shape index (κ3) is 4.03. The molecule has 1 saturated heterocycles. The topological polar surface area (TPSA) is 81.3 Å². The molecule has 2 heterocycles. The van der Waals surface area contributed by atoms with E-state index in [4.69, 9.17) is 0 Å². The van der Waals surface area contributed by atoms with Crippen molar-refractivity contribution in [3.05, 3.63) is 57.8 Å². The molecule has 1 amide bonds. The van der Waals surface area contributed by atoms with Crippen molar-refractivity contribution in [1.82, 2.24) is 20.2 Å². The smallest absolute Gasteiger partial charge is 0.252 e. The molecule has 2 aromatic rings. The summed E-state index contributed by atoms with van der Waals surface area (Å²) in [6.45, 7) is 5.21. The molecule has 1 atom stereocenters. The van der Waals surface area contributed by atoms with Gasteiger partial charge < -0.3 is 15.1 Å². The summed E-state index contributed by atoms with van der Waals surface area (Å²) in [4.78, 5) is 36.9. The third-order valence-electron chi connectivity index (χ3n) is 5.92. The van der Waals surface area contributed by atoms with Crippen LogP contribution in [0, 0.1) is 5.82 Å². The van der Waals surface area contributed by atoms with E-state index in [0.29, 0.717) is 11.6 Å². The Morgan fingerprint density at radius 2 is 1.86 bits per heavy atom. The molecule has 0 spiro atoms. The highest BCUT2D eigenvalue weighted by atomic mass is 19.1. The number of aromatic nitrogens is 2. The highest BCUT2D eigenvalue weighted by Crippen LogP contribution is 2.48. The number of anilines is 1. The quantitative estimate of drug-likeness (QED) is 0.798. The lowest BCUT2D eigenvalue weighted by Crippen LogP contribution is -2.45. The molecule has 1 unspecified atom stereocenters. The normalized spacial score (nSPS) is 19.6. The van der Waals surface area contributed by atoms with Crippen molar-refractivity contribution in [2.45, 2.75) is 31.2 Å². The number of nitrogens with one attached hydrogen (secondary N) is 2. The average molecular weight is 399 g/mol. The molecular formula is C21H26FN5O2. The number of nitrogens with zero attached hydrogens (tertiary/aromatic N) is 3. The zero-order chi connectivity index (χ0) is 20.6. The summed E-state index contributed by atoms with van der Waals surface area (Å²) in [6.07, 6.45) is 1.46. The third-order valence-corrected chi connectivity index (χ3v) is 5.92. The van der Waals surface area contributed by atoms with Crippen molar-refractivity contribution in [2.24, 2.45) is 0 Å². The number of rotatable bonds is 5. The molecule has 1 aromatic carbocycles. The highest BCUT2D eigenvalue weighted by Gasteiger charge is 2.51. The monoisotopic (exact) mass is 399 g/mol. The number of carbonyl (C=O) groups excluding carboxylic acids is 1. The molecule has 154 valence electrons. The second-order valence-electron chi connectivity index (χ2n) is 8.07. The Labute approximate surface area is 168 Å². The predicted octanol–water partition coefficient (Wildman–Crippen LogP) is 1.57. The maximum absolute atomic E-state index is 13.2. The number of carbonyl (C=O) groups is 1. The van der Waals surface area contributed by atoms with Crippen LogP contribution < -0.4 is 15.8 Å². The van der Waals surface area contributed by atoms with Crippen LogP contribution >= 0.6 is 0 Å². The van der Waals surface area contributed by atoms with E-state index in [9.17, 15) is 14.0 Å². The van der Waals surface area contributed by atoms with Crippen molar-refractivity contribution in [3.63, 3.8) is 0 Å². The lowest BCUT2D eigenvalue weighted by atomic mass is 9.94. The van der Waals surface area contributed by atoms with E-state index in [1.54, 1.807) is 12.1 Å². The minimum absolute atomic E-state index is 0.111. The fourth-order valence-electron chi connectivity index (χ4n) is 3.80. The Morgan fingerprint density at radius 3 is 2.48 bits per heavy atom. The van der Waals surface area contributed by atoms with Crippen LogP contribution in [0.15, 0.2) is 35.1 Å². The van der Waals surface area contributed by atoms with Gasteiger partial charge >= 0.3 is 0 Å². The summed E-state index contributed by atoms with van der Waals surface area (Å²) in [5.41, 5.74) is 0.514. The van der Waals surface area contributed by atoms with E-state index in [2.05, 4.69) is 32.1 Å². The molecule has 1 aliphatic carbocycles. The number of hydrogen-bond donors (Lipinski definition) is 2. The van der Waals surface area contributed by atoms with Gasteiger partial charge in [0.1, 0.15) is 5.82 Å². The van der Waals surface area contributed by atoms with Crippen LogP contribution in [0.4, 0.5) is 10.3 Å². The fraction of sp³-hybridized carbons (Fsp3) is 0.476. The first-order chi connectivity index (χ1) is 13.9. The van der Waals surface area contributed by atoms with Gasteiger partial charge in [-0.05, 0) is 44.5 Å². The van der Waals surface area contributed by atoms with Gasteiger partial charge in [-0.15, -0.1) is 0 Å². The predicted molar refractivity (Wildman–Crippen MR) is 108 cm³/mol. The van der Waals surface area contributed by atoms with Gasteiger partial charge in [-0.2, -0.15) is 0 Å². The van der Waals surface area contributed by atoms with Crippen LogP contribution in [-0.2, 0) is 10.2 Å². The van der Waals surface area contributed by atoms with E-state index in [0.717, 1.165) is 44.6 Å². The number of halogens is 1. The number of benzene rings is 1. The summed E-state index contributed by atoms with van der Waals surface area (Å²) in [7, 11) is 2.07. The van der Waals surface area contributed by atoms with Crippen LogP contribution in [-0.4, -0.2) is 54.0 Å². The molecule has 0 bridgehead atoms. The van der Waals surface area contributed by atoms with Crippen molar-refractivity contribution < 1.29 is 9.18 Å². The van der Waals surface area contributed by atoms with E-state index in [1.165, 1.54) is 18.2 Å². The second kappa shape index (κ2) is 7.59. The molecule has 1 saturated carbocycles. The molecule has 4 rings (SSSR count). The minimum atomic E-state index is -0.608. The fourth-order valence-corrected chi connectivity index (χ4v) is 3.80. The number of hydrogen-bond acceptors (Lipinski definition) is 5. The highest BCUT2D eigenvalue weighted by molar-refractivity contribution is 5.91. The van der Waals surface area contributed by atoms with Crippen molar-refractivity contribution in [3.8, 4) is 0 Å². The molecule has 0 radical (unpaired) electrons. The molecule has 2 aliphatic rings. The molecule has 7 nitrogen and oxygen atoms in total. The van der Waals surface area contributed by atoms with Gasteiger partial charge in [-0.25, -0.2) is 9.37 Å². The lowest BCUT2D eigenvalue weighted by molar-refractivity contribution is -0.124. The summed E-state index contributed by atoms with van der Waals surface area (Å²) < 4.78 is 13.2. The zero-order valence-corrected chi connectivity index (χ0v) is 16.7. The zero-order valence-electron chi connectivity index (χ0n) is 16.7. The average Bonchev–Trinajstić information content (AvgIpc) is 3.50. The lowest BCUT2D eigenvalue weighted by Gasteiger charge is -2.33. The number of H-pyrrole nitrogens is 1.